The van der Waals surface area contributed by atoms with E-state index in [0.29, 0.717) is 24.4 Å². The molecule has 0 aliphatic carbocycles. The summed E-state index contributed by atoms with van der Waals surface area (Å²) in [5.74, 6) is 0. The molecule has 1 aliphatic heterocycles. The molecule has 0 saturated carbocycles. The molecule has 1 saturated heterocycles. The van der Waals surface area contributed by atoms with Crippen LogP contribution in [0.25, 0.3) is 0 Å². The van der Waals surface area contributed by atoms with Gasteiger partial charge in [-0.3, -0.25) is 0 Å². The molecule has 0 amide bonds. The summed E-state index contributed by atoms with van der Waals surface area (Å²) in [5.41, 5.74) is 5.85. The van der Waals surface area contributed by atoms with Crippen LogP contribution < -0.4 is 5.73 Å². The average molecular weight is 323 g/mol. The molecule has 4 nitrogen and oxygen atoms in total. The smallest absolute Gasteiger partial charge is 0.244 e. The Balaban J connectivity index is 2.39. The predicted molar refractivity (Wildman–Crippen MR) is 77.0 cm³/mol. The summed E-state index contributed by atoms with van der Waals surface area (Å²) < 4.78 is 26.7. The molecule has 0 aromatic heterocycles. The summed E-state index contributed by atoms with van der Waals surface area (Å²) in [6.45, 7) is 2.27. The third-order valence-corrected chi connectivity index (χ3v) is 6.07. The quantitative estimate of drug-likeness (QED) is 0.909. The second-order valence-corrected chi connectivity index (χ2v) is 7.53. The van der Waals surface area contributed by atoms with Crippen molar-refractivity contribution in [3.8, 4) is 0 Å². The van der Waals surface area contributed by atoms with Gasteiger partial charge in [0.25, 0.3) is 0 Å². The standard InChI is InChI=1S/C12H16Cl2N2O2S/c1-8-6-10(15)4-5-16(8)19(17,18)12-7-9(13)2-3-11(12)14/h2-3,7-8,10H,4-6,15H2,1H3/t8-,10-/m0/s1. The SMILES string of the molecule is C[C@H]1C[C@@H](N)CCN1S(=O)(=O)c1cc(Cl)ccc1Cl. The second kappa shape index (κ2) is 5.58. The fourth-order valence-electron chi connectivity index (χ4n) is 2.35. The Kier molecular flexibility index (Phi) is 4.42. The molecule has 1 aliphatic rings. The van der Waals surface area contributed by atoms with Crippen LogP contribution in [0.4, 0.5) is 0 Å². The van der Waals surface area contributed by atoms with Crippen LogP contribution in [-0.4, -0.2) is 31.4 Å². The van der Waals surface area contributed by atoms with Crippen LogP contribution >= 0.6 is 23.2 Å². The minimum absolute atomic E-state index is 0.0521. The highest BCUT2D eigenvalue weighted by molar-refractivity contribution is 7.89. The molecule has 7 heteroatoms. The highest BCUT2D eigenvalue weighted by Gasteiger charge is 2.34. The van der Waals surface area contributed by atoms with Crippen molar-refractivity contribution in [2.45, 2.75) is 36.7 Å². The van der Waals surface area contributed by atoms with Crippen LogP contribution in [-0.2, 0) is 10.0 Å². The third kappa shape index (κ3) is 3.06. The first-order valence-corrected chi connectivity index (χ1v) is 8.24. The van der Waals surface area contributed by atoms with E-state index in [9.17, 15) is 8.42 Å². The fraction of sp³-hybridized carbons (Fsp3) is 0.500. The molecule has 106 valence electrons. The minimum Gasteiger partial charge on any atom is -0.328 e. The maximum Gasteiger partial charge on any atom is 0.244 e. The van der Waals surface area contributed by atoms with Crippen LogP contribution in [0, 0.1) is 0 Å². The molecule has 19 heavy (non-hydrogen) atoms. The maximum absolute atomic E-state index is 12.6. The Bertz CT molecular complexity index is 577. The van der Waals surface area contributed by atoms with Crippen LogP contribution in [0.5, 0.6) is 0 Å². The third-order valence-electron chi connectivity index (χ3n) is 3.34. The van der Waals surface area contributed by atoms with Crippen molar-refractivity contribution in [2.24, 2.45) is 5.73 Å². The Morgan fingerprint density at radius 1 is 1.37 bits per heavy atom. The van der Waals surface area contributed by atoms with Gasteiger partial charge in [0.2, 0.25) is 10.0 Å². The second-order valence-electron chi connectivity index (χ2n) is 4.82. The van der Waals surface area contributed by atoms with Crippen molar-refractivity contribution in [1.29, 1.82) is 0 Å². The van der Waals surface area contributed by atoms with Gasteiger partial charge < -0.3 is 5.73 Å². The van der Waals surface area contributed by atoms with Gasteiger partial charge >= 0.3 is 0 Å². The van der Waals surface area contributed by atoms with E-state index in [1.807, 2.05) is 6.92 Å². The van der Waals surface area contributed by atoms with Crippen molar-refractivity contribution in [1.82, 2.24) is 4.31 Å². The molecule has 1 fully saturated rings. The van der Waals surface area contributed by atoms with Crippen LogP contribution in [0.1, 0.15) is 19.8 Å². The van der Waals surface area contributed by atoms with E-state index in [-0.39, 0.29) is 22.0 Å². The summed E-state index contributed by atoms with van der Waals surface area (Å²) in [6, 6.07) is 4.37. The summed E-state index contributed by atoms with van der Waals surface area (Å²) >= 11 is 11.8. The molecular weight excluding hydrogens is 307 g/mol. The first-order valence-electron chi connectivity index (χ1n) is 6.05. The topological polar surface area (TPSA) is 63.4 Å². The highest BCUT2D eigenvalue weighted by Crippen LogP contribution is 2.31. The minimum atomic E-state index is -3.63. The fourth-order valence-corrected chi connectivity index (χ4v) is 4.74. The van der Waals surface area contributed by atoms with Crippen molar-refractivity contribution in [3.05, 3.63) is 28.2 Å². The van der Waals surface area contributed by atoms with Gasteiger partial charge in [-0.25, -0.2) is 8.42 Å². The number of nitrogens with two attached hydrogens (primary N) is 1. The Morgan fingerprint density at radius 2 is 2.05 bits per heavy atom. The molecule has 2 rings (SSSR count). The number of nitrogens with zero attached hydrogens (tertiary/aromatic N) is 1. The molecule has 0 radical (unpaired) electrons. The molecular formula is C12H16Cl2N2O2S. The van der Waals surface area contributed by atoms with Crippen LogP contribution in [0.2, 0.25) is 10.0 Å². The van der Waals surface area contributed by atoms with Crippen LogP contribution in [0.3, 0.4) is 0 Å². The number of piperidine rings is 1. The molecule has 2 N–H and O–H groups in total. The van der Waals surface area contributed by atoms with Gasteiger partial charge in [0.15, 0.2) is 0 Å². The summed E-state index contributed by atoms with van der Waals surface area (Å²) in [4.78, 5) is 0.0592. The zero-order chi connectivity index (χ0) is 14.2. The number of rotatable bonds is 2. The summed E-state index contributed by atoms with van der Waals surface area (Å²) in [7, 11) is -3.63. The lowest BCUT2D eigenvalue weighted by atomic mass is 10.0. The zero-order valence-corrected chi connectivity index (χ0v) is 12.8. The van der Waals surface area contributed by atoms with Gasteiger partial charge in [-0.2, -0.15) is 4.31 Å². The van der Waals surface area contributed by atoms with E-state index in [4.69, 9.17) is 28.9 Å². The van der Waals surface area contributed by atoms with Gasteiger partial charge in [0.05, 0.1) is 5.02 Å². The number of halogens is 2. The van der Waals surface area contributed by atoms with Crippen molar-refractivity contribution >= 4 is 33.2 Å². The normalized spacial score (nSPS) is 25.5. The summed E-state index contributed by atoms with van der Waals surface area (Å²) in [5, 5.41) is 0.538. The number of hydrogen-bond acceptors (Lipinski definition) is 3. The average Bonchev–Trinajstić information content (AvgIpc) is 2.31. The molecule has 1 aromatic carbocycles. The first-order chi connectivity index (χ1) is 8.82. The molecule has 0 unspecified atom stereocenters. The lowest BCUT2D eigenvalue weighted by molar-refractivity contribution is 0.247. The first kappa shape index (κ1) is 15.1. The van der Waals surface area contributed by atoms with Gasteiger partial charge in [-0.05, 0) is 38.0 Å². The van der Waals surface area contributed by atoms with E-state index in [2.05, 4.69) is 0 Å². The molecule has 0 bridgehead atoms. The van der Waals surface area contributed by atoms with Gasteiger partial charge in [-0.1, -0.05) is 23.2 Å². The van der Waals surface area contributed by atoms with Crippen LogP contribution in [0.15, 0.2) is 23.1 Å². The van der Waals surface area contributed by atoms with E-state index in [1.54, 1.807) is 6.07 Å². The Hall–Kier alpha value is -0.330. The van der Waals surface area contributed by atoms with Crippen molar-refractivity contribution in [3.63, 3.8) is 0 Å². The van der Waals surface area contributed by atoms with E-state index in [0.717, 1.165) is 0 Å². The molecule has 0 spiro atoms. The monoisotopic (exact) mass is 322 g/mol. The van der Waals surface area contributed by atoms with E-state index < -0.39 is 10.0 Å². The highest BCUT2D eigenvalue weighted by atomic mass is 35.5. The number of benzene rings is 1. The molecule has 1 aromatic rings. The summed E-state index contributed by atoms with van der Waals surface area (Å²) in [6.07, 6.45) is 1.30. The lowest BCUT2D eigenvalue weighted by Crippen LogP contribution is -2.48. The van der Waals surface area contributed by atoms with Gasteiger partial charge in [0.1, 0.15) is 4.90 Å². The van der Waals surface area contributed by atoms with E-state index >= 15 is 0 Å². The molecule has 2 atom stereocenters. The Labute approximate surface area is 123 Å². The number of sulfonamides is 1. The van der Waals surface area contributed by atoms with Crippen molar-refractivity contribution in [2.75, 3.05) is 6.54 Å². The molecule has 1 heterocycles. The number of hydrogen-bond donors (Lipinski definition) is 1. The van der Waals surface area contributed by atoms with Gasteiger partial charge in [-0.15, -0.1) is 0 Å². The lowest BCUT2D eigenvalue weighted by Gasteiger charge is -2.35. The zero-order valence-electron chi connectivity index (χ0n) is 10.5. The van der Waals surface area contributed by atoms with Gasteiger partial charge in [0, 0.05) is 23.7 Å². The predicted octanol–water partition coefficient (Wildman–Crippen LogP) is 2.49. The maximum atomic E-state index is 12.6. The van der Waals surface area contributed by atoms with E-state index in [1.165, 1.54) is 16.4 Å². The van der Waals surface area contributed by atoms with Crippen molar-refractivity contribution < 1.29 is 8.42 Å². The Morgan fingerprint density at radius 3 is 2.68 bits per heavy atom. The largest absolute Gasteiger partial charge is 0.328 e.